The smallest absolute Gasteiger partial charge is 0.223 e. The maximum Gasteiger partial charge on any atom is 0.223 e. The van der Waals surface area contributed by atoms with Gasteiger partial charge in [0.2, 0.25) is 5.91 Å². The van der Waals surface area contributed by atoms with Crippen LogP contribution in [-0.2, 0) is 11.2 Å². The van der Waals surface area contributed by atoms with Crippen molar-refractivity contribution in [1.29, 1.82) is 0 Å². The third kappa shape index (κ3) is 4.32. The summed E-state index contributed by atoms with van der Waals surface area (Å²) in [5.41, 5.74) is 0. The molecule has 1 aliphatic heterocycles. The molecule has 0 aliphatic carbocycles. The highest BCUT2D eigenvalue weighted by atomic mass is 16.3. The van der Waals surface area contributed by atoms with Crippen molar-refractivity contribution in [2.24, 2.45) is 0 Å². The number of aliphatic hydroxyl groups is 1. The number of carbonyl (C=O) groups excluding carboxylic acids is 1. The first-order chi connectivity index (χ1) is 10.1. The van der Waals surface area contributed by atoms with Gasteiger partial charge in [-0.1, -0.05) is 6.92 Å². The Labute approximate surface area is 126 Å². The van der Waals surface area contributed by atoms with Crippen molar-refractivity contribution >= 4 is 5.91 Å². The molecule has 1 amide bonds. The fraction of sp³-hybridized carbons (Fsp3) is 0.688. The quantitative estimate of drug-likeness (QED) is 0.862. The molecule has 2 heterocycles. The number of hydrogen-bond acceptors (Lipinski definition) is 4. The normalized spacial score (nSPS) is 18.0. The van der Waals surface area contributed by atoms with Gasteiger partial charge < -0.3 is 14.4 Å². The van der Waals surface area contributed by atoms with Gasteiger partial charge in [0.05, 0.1) is 6.61 Å². The molecule has 0 bridgehead atoms. The van der Waals surface area contributed by atoms with Gasteiger partial charge in [0, 0.05) is 45.1 Å². The van der Waals surface area contributed by atoms with E-state index in [9.17, 15) is 9.90 Å². The highest BCUT2D eigenvalue weighted by Gasteiger charge is 2.24. The molecule has 0 spiro atoms. The van der Waals surface area contributed by atoms with E-state index in [2.05, 4.69) is 11.8 Å². The summed E-state index contributed by atoms with van der Waals surface area (Å²) >= 11 is 0. The summed E-state index contributed by atoms with van der Waals surface area (Å²) in [7, 11) is 0. The van der Waals surface area contributed by atoms with E-state index < -0.39 is 0 Å². The molecule has 1 aromatic heterocycles. The van der Waals surface area contributed by atoms with E-state index in [-0.39, 0.29) is 18.6 Å². The lowest BCUT2D eigenvalue weighted by Crippen LogP contribution is -2.52. The van der Waals surface area contributed by atoms with E-state index in [1.807, 2.05) is 24.0 Å². The zero-order valence-electron chi connectivity index (χ0n) is 13.0. The van der Waals surface area contributed by atoms with Gasteiger partial charge in [-0.05, 0) is 25.5 Å². The lowest BCUT2D eigenvalue weighted by Gasteiger charge is -2.38. The summed E-state index contributed by atoms with van der Waals surface area (Å²) in [6, 6.07) is 4.10. The third-order valence-electron chi connectivity index (χ3n) is 4.25. The van der Waals surface area contributed by atoms with E-state index in [4.69, 9.17) is 4.42 Å². The first-order valence-corrected chi connectivity index (χ1v) is 7.82. The van der Waals surface area contributed by atoms with Crippen molar-refractivity contribution in [3.8, 4) is 0 Å². The molecule has 1 fully saturated rings. The van der Waals surface area contributed by atoms with Crippen LogP contribution in [0.3, 0.4) is 0 Å². The zero-order chi connectivity index (χ0) is 15.2. The molecule has 1 aromatic rings. The molecule has 1 atom stereocenters. The molecule has 0 aromatic carbocycles. The Morgan fingerprint density at radius 3 is 2.57 bits per heavy atom. The average Bonchev–Trinajstić information content (AvgIpc) is 2.92. The molecule has 1 N–H and O–H groups in total. The van der Waals surface area contributed by atoms with Crippen LogP contribution in [0.2, 0.25) is 0 Å². The molecule has 2 rings (SSSR count). The number of amides is 1. The largest absolute Gasteiger partial charge is 0.466 e. The zero-order valence-corrected chi connectivity index (χ0v) is 13.0. The van der Waals surface area contributed by atoms with Crippen LogP contribution < -0.4 is 0 Å². The summed E-state index contributed by atoms with van der Waals surface area (Å²) in [5, 5.41) is 9.33. The standard InChI is InChI=1S/C16H26N2O3/c1-3-14(12-19)17-8-10-18(11-9-17)16(20)7-6-15-5-4-13(2)21-15/h4-5,14,19H,3,6-12H2,1-2H3. The Balaban J connectivity index is 1.75. The Hall–Kier alpha value is -1.33. The molecular formula is C16H26N2O3. The van der Waals surface area contributed by atoms with E-state index >= 15 is 0 Å². The van der Waals surface area contributed by atoms with Gasteiger partial charge in [0.15, 0.2) is 0 Å². The van der Waals surface area contributed by atoms with Gasteiger partial charge in [-0.25, -0.2) is 0 Å². The van der Waals surface area contributed by atoms with Crippen molar-refractivity contribution in [1.82, 2.24) is 9.80 Å². The Morgan fingerprint density at radius 1 is 1.33 bits per heavy atom. The van der Waals surface area contributed by atoms with Gasteiger partial charge in [-0.15, -0.1) is 0 Å². The number of aryl methyl sites for hydroxylation is 2. The molecule has 5 heteroatoms. The van der Waals surface area contributed by atoms with Crippen LogP contribution in [0.5, 0.6) is 0 Å². The predicted molar refractivity (Wildman–Crippen MR) is 81.1 cm³/mol. The molecule has 0 radical (unpaired) electrons. The van der Waals surface area contributed by atoms with Crippen molar-refractivity contribution in [2.75, 3.05) is 32.8 Å². The monoisotopic (exact) mass is 294 g/mol. The summed E-state index contributed by atoms with van der Waals surface area (Å²) in [6.07, 6.45) is 2.12. The highest BCUT2D eigenvalue weighted by Crippen LogP contribution is 2.12. The number of furan rings is 1. The van der Waals surface area contributed by atoms with Crippen LogP contribution in [0.15, 0.2) is 16.5 Å². The minimum atomic E-state index is 0.195. The Kier molecular flexibility index (Phi) is 5.82. The summed E-state index contributed by atoms with van der Waals surface area (Å²) < 4.78 is 5.49. The highest BCUT2D eigenvalue weighted by molar-refractivity contribution is 5.76. The predicted octanol–water partition coefficient (Wildman–Crippen LogP) is 1.44. The van der Waals surface area contributed by atoms with Crippen LogP contribution in [0.4, 0.5) is 0 Å². The lowest BCUT2D eigenvalue weighted by molar-refractivity contribution is -0.133. The van der Waals surface area contributed by atoms with Gasteiger partial charge in [-0.3, -0.25) is 9.69 Å². The Bertz CT molecular complexity index is 446. The van der Waals surface area contributed by atoms with Crippen LogP contribution in [0.1, 0.15) is 31.3 Å². The van der Waals surface area contributed by atoms with E-state index in [0.717, 1.165) is 44.1 Å². The SMILES string of the molecule is CCC(CO)N1CCN(C(=O)CCc2ccc(C)o2)CC1. The van der Waals surface area contributed by atoms with Crippen molar-refractivity contribution < 1.29 is 14.3 Å². The average molecular weight is 294 g/mol. The van der Waals surface area contributed by atoms with Gasteiger partial charge in [-0.2, -0.15) is 0 Å². The number of aliphatic hydroxyl groups excluding tert-OH is 1. The molecule has 1 unspecified atom stereocenters. The maximum atomic E-state index is 12.2. The van der Waals surface area contributed by atoms with E-state index in [1.165, 1.54) is 0 Å². The van der Waals surface area contributed by atoms with Crippen LogP contribution in [-0.4, -0.2) is 59.6 Å². The van der Waals surface area contributed by atoms with E-state index in [0.29, 0.717) is 12.8 Å². The molecule has 118 valence electrons. The van der Waals surface area contributed by atoms with E-state index in [1.54, 1.807) is 0 Å². The maximum absolute atomic E-state index is 12.2. The number of carbonyl (C=O) groups is 1. The lowest BCUT2D eigenvalue weighted by atomic mass is 10.1. The second-order valence-electron chi connectivity index (χ2n) is 5.67. The minimum absolute atomic E-state index is 0.195. The van der Waals surface area contributed by atoms with Crippen molar-refractivity contribution in [2.45, 2.75) is 39.2 Å². The number of nitrogens with zero attached hydrogens (tertiary/aromatic N) is 2. The number of piperazine rings is 1. The summed E-state index contributed by atoms with van der Waals surface area (Å²) in [6.45, 7) is 7.41. The second kappa shape index (κ2) is 7.61. The first-order valence-electron chi connectivity index (χ1n) is 7.82. The van der Waals surface area contributed by atoms with Gasteiger partial charge in [0.1, 0.15) is 11.5 Å². The molecular weight excluding hydrogens is 268 g/mol. The third-order valence-corrected chi connectivity index (χ3v) is 4.25. The molecule has 0 saturated carbocycles. The van der Waals surface area contributed by atoms with Crippen molar-refractivity contribution in [3.05, 3.63) is 23.7 Å². The first kappa shape index (κ1) is 16.0. The number of hydrogen-bond donors (Lipinski definition) is 1. The number of rotatable bonds is 6. The van der Waals surface area contributed by atoms with Crippen LogP contribution in [0.25, 0.3) is 0 Å². The summed E-state index contributed by atoms with van der Waals surface area (Å²) in [4.78, 5) is 16.4. The fourth-order valence-electron chi connectivity index (χ4n) is 2.85. The molecule has 1 aliphatic rings. The van der Waals surface area contributed by atoms with Crippen LogP contribution in [0, 0.1) is 6.92 Å². The molecule has 5 nitrogen and oxygen atoms in total. The van der Waals surface area contributed by atoms with Crippen molar-refractivity contribution in [3.63, 3.8) is 0 Å². The topological polar surface area (TPSA) is 56.9 Å². The van der Waals surface area contributed by atoms with Crippen LogP contribution >= 0.6 is 0 Å². The second-order valence-corrected chi connectivity index (χ2v) is 5.67. The van der Waals surface area contributed by atoms with Gasteiger partial charge >= 0.3 is 0 Å². The molecule has 1 saturated heterocycles. The van der Waals surface area contributed by atoms with Gasteiger partial charge in [0.25, 0.3) is 0 Å². The summed E-state index contributed by atoms with van der Waals surface area (Å²) in [5.74, 6) is 1.97. The Morgan fingerprint density at radius 2 is 2.05 bits per heavy atom. The molecule has 21 heavy (non-hydrogen) atoms. The fourth-order valence-corrected chi connectivity index (χ4v) is 2.85. The minimum Gasteiger partial charge on any atom is -0.466 e.